The van der Waals surface area contributed by atoms with Gasteiger partial charge in [-0.3, -0.25) is 0 Å². The Hall–Kier alpha value is -0.820. The maximum atomic E-state index is 3.74. The number of quaternary nitrogens is 1. The van der Waals surface area contributed by atoms with Crippen LogP contribution in [-0.2, 0) is 0 Å². The molecular formula is C9H13N. The predicted molar refractivity (Wildman–Crippen MR) is 42.1 cm³/mol. The standard InChI is InChI=1S/C9H13N/c1-8(10-2)9-6-4-3-5-7-9/h3-8H,2,10H2,1H3. The van der Waals surface area contributed by atoms with Gasteiger partial charge in [0.15, 0.2) is 0 Å². The van der Waals surface area contributed by atoms with Gasteiger partial charge in [0.25, 0.3) is 0 Å². The Morgan fingerprint density at radius 3 is 2.40 bits per heavy atom. The van der Waals surface area contributed by atoms with Gasteiger partial charge in [0.2, 0.25) is 0 Å². The van der Waals surface area contributed by atoms with Gasteiger partial charge in [0.1, 0.15) is 0 Å². The van der Waals surface area contributed by atoms with Crippen LogP contribution in [0.1, 0.15) is 18.5 Å². The number of nitrogens with two attached hydrogens (primary N) is 1. The van der Waals surface area contributed by atoms with Gasteiger partial charge in [-0.1, -0.05) is 30.3 Å². The van der Waals surface area contributed by atoms with Crippen LogP contribution in [0.2, 0.25) is 0 Å². The van der Waals surface area contributed by atoms with E-state index >= 15 is 0 Å². The lowest BCUT2D eigenvalue weighted by atomic mass is 10.1. The van der Waals surface area contributed by atoms with Gasteiger partial charge >= 0.3 is 0 Å². The first-order valence-electron chi connectivity index (χ1n) is 3.52. The summed E-state index contributed by atoms with van der Waals surface area (Å²) in [4.78, 5) is 0. The largest absolute Gasteiger partial charge is 0.473 e. The monoisotopic (exact) mass is 135 g/mol. The molecule has 0 aromatic heterocycles. The zero-order valence-electron chi connectivity index (χ0n) is 6.25. The zero-order valence-corrected chi connectivity index (χ0v) is 6.25. The fraction of sp³-hybridized carbons (Fsp3) is 0.222. The van der Waals surface area contributed by atoms with E-state index in [1.165, 1.54) is 5.56 Å². The average molecular weight is 135 g/mol. The van der Waals surface area contributed by atoms with Gasteiger partial charge in [-0.2, -0.15) is 7.05 Å². The predicted octanol–water partition coefficient (Wildman–Crippen LogP) is 1.10. The molecule has 0 saturated heterocycles. The Bertz CT molecular complexity index is 181. The summed E-state index contributed by atoms with van der Waals surface area (Å²) >= 11 is 0. The van der Waals surface area contributed by atoms with Crippen LogP contribution in [0.5, 0.6) is 0 Å². The molecule has 1 atom stereocenters. The van der Waals surface area contributed by atoms with Crippen molar-refractivity contribution in [2.75, 3.05) is 0 Å². The van der Waals surface area contributed by atoms with Crippen molar-refractivity contribution in [3.63, 3.8) is 0 Å². The van der Waals surface area contributed by atoms with E-state index in [9.17, 15) is 0 Å². The van der Waals surface area contributed by atoms with Gasteiger partial charge in [0.05, 0.1) is 6.04 Å². The van der Waals surface area contributed by atoms with Crippen LogP contribution in [0.4, 0.5) is 0 Å². The molecule has 1 rings (SSSR count). The second-order valence-electron chi connectivity index (χ2n) is 2.44. The van der Waals surface area contributed by atoms with Crippen LogP contribution in [-0.4, -0.2) is 0 Å². The zero-order chi connectivity index (χ0) is 7.40. The van der Waals surface area contributed by atoms with Crippen molar-refractivity contribution in [2.24, 2.45) is 0 Å². The lowest BCUT2D eigenvalue weighted by Gasteiger charge is -2.10. The van der Waals surface area contributed by atoms with Crippen LogP contribution in [0.25, 0.3) is 0 Å². The minimum atomic E-state index is 0.473. The highest BCUT2D eigenvalue weighted by Gasteiger charge is 1.99. The normalized spacial score (nSPS) is 13.0. The van der Waals surface area contributed by atoms with Gasteiger partial charge in [-0.15, -0.1) is 0 Å². The van der Waals surface area contributed by atoms with Crippen molar-refractivity contribution < 1.29 is 5.32 Å². The highest BCUT2D eigenvalue weighted by atomic mass is 14.8. The Labute approximate surface area is 62.1 Å². The molecule has 1 aromatic rings. The number of benzene rings is 1. The summed E-state index contributed by atoms with van der Waals surface area (Å²) in [5.74, 6) is 0. The van der Waals surface area contributed by atoms with E-state index in [0.29, 0.717) is 6.04 Å². The summed E-state index contributed by atoms with van der Waals surface area (Å²) in [5, 5.41) is 1.95. The number of rotatable bonds is 2. The molecule has 0 spiro atoms. The highest BCUT2D eigenvalue weighted by molar-refractivity contribution is 5.16. The molecule has 0 fully saturated rings. The third kappa shape index (κ3) is 1.58. The van der Waals surface area contributed by atoms with E-state index in [4.69, 9.17) is 0 Å². The van der Waals surface area contributed by atoms with E-state index in [-0.39, 0.29) is 0 Å². The molecule has 10 heavy (non-hydrogen) atoms. The van der Waals surface area contributed by atoms with Crippen LogP contribution < -0.4 is 5.32 Å². The molecule has 0 aliphatic carbocycles. The van der Waals surface area contributed by atoms with E-state index in [1.54, 1.807) is 0 Å². The van der Waals surface area contributed by atoms with Crippen molar-refractivity contribution in [1.82, 2.24) is 0 Å². The van der Waals surface area contributed by atoms with Crippen LogP contribution in [0.3, 0.4) is 0 Å². The molecule has 0 amide bonds. The molecule has 0 bridgehead atoms. The van der Waals surface area contributed by atoms with Crippen molar-refractivity contribution in [1.29, 1.82) is 0 Å². The molecule has 1 heteroatoms. The smallest absolute Gasteiger partial charge is 0.0848 e. The van der Waals surface area contributed by atoms with Crippen molar-refractivity contribution in [2.45, 2.75) is 13.0 Å². The quantitative estimate of drug-likeness (QED) is 0.585. The first kappa shape index (κ1) is 7.29. The first-order valence-corrected chi connectivity index (χ1v) is 3.52. The van der Waals surface area contributed by atoms with E-state index in [2.05, 4.69) is 38.2 Å². The summed E-state index contributed by atoms with van der Waals surface area (Å²) in [6, 6.07) is 10.8. The lowest BCUT2D eigenvalue weighted by Crippen LogP contribution is -2.77. The lowest BCUT2D eigenvalue weighted by molar-refractivity contribution is -0.637. The fourth-order valence-electron chi connectivity index (χ4n) is 0.893. The summed E-state index contributed by atoms with van der Waals surface area (Å²) in [6.07, 6.45) is 0. The first-order chi connectivity index (χ1) is 4.84. The maximum absolute atomic E-state index is 3.74. The average Bonchev–Trinajstić information content (AvgIpc) is 2.05. The van der Waals surface area contributed by atoms with Gasteiger partial charge in [-0.05, 0) is 6.92 Å². The summed E-state index contributed by atoms with van der Waals surface area (Å²) in [6.45, 7) is 2.14. The maximum Gasteiger partial charge on any atom is 0.0848 e. The molecule has 1 unspecified atom stereocenters. The van der Waals surface area contributed by atoms with Crippen LogP contribution >= 0.6 is 0 Å². The molecule has 0 aliphatic heterocycles. The second-order valence-corrected chi connectivity index (χ2v) is 2.44. The molecule has 0 radical (unpaired) electrons. The molecule has 1 nitrogen and oxygen atoms in total. The van der Waals surface area contributed by atoms with Crippen molar-refractivity contribution >= 4 is 0 Å². The van der Waals surface area contributed by atoms with E-state index in [1.807, 2.05) is 11.4 Å². The van der Waals surface area contributed by atoms with Crippen molar-refractivity contribution in [3.05, 3.63) is 42.9 Å². The minimum absolute atomic E-state index is 0.473. The van der Waals surface area contributed by atoms with Crippen LogP contribution in [0.15, 0.2) is 30.3 Å². The molecule has 2 N–H and O–H groups in total. The van der Waals surface area contributed by atoms with Crippen molar-refractivity contribution in [3.8, 4) is 0 Å². The molecule has 0 saturated carbocycles. The van der Waals surface area contributed by atoms with Crippen LogP contribution in [0, 0.1) is 7.05 Å². The van der Waals surface area contributed by atoms with Gasteiger partial charge in [0, 0.05) is 5.56 Å². The van der Waals surface area contributed by atoms with E-state index < -0.39 is 0 Å². The highest BCUT2D eigenvalue weighted by Crippen LogP contribution is 2.05. The SMILES string of the molecule is [CH2-][NH2+]C(C)c1ccccc1. The summed E-state index contributed by atoms with van der Waals surface area (Å²) in [5.41, 5.74) is 1.33. The second kappa shape index (κ2) is 3.37. The molecular weight excluding hydrogens is 122 g/mol. The summed E-state index contributed by atoms with van der Waals surface area (Å²) < 4.78 is 0. The molecule has 1 aromatic carbocycles. The van der Waals surface area contributed by atoms with Gasteiger partial charge < -0.3 is 5.32 Å². The molecule has 0 aliphatic rings. The van der Waals surface area contributed by atoms with Gasteiger partial charge in [-0.25, -0.2) is 0 Å². The Kier molecular flexibility index (Phi) is 2.46. The third-order valence-electron chi connectivity index (χ3n) is 1.68. The number of hydrogen-bond donors (Lipinski definition) is 1. The molecule has 54 valence electrons. The number of hydrogen-bond acceptors (Lipinski definition) is 0. The Morgan fingerprint density at radius 1 is 1.30 bits per heavy atom. The third-order valence-corrected chi connectivity index (χ3v) is 1.68. The minimum Gasteiger partial charge on any atom is -0.473 e. The fourth-order valence-corrected chi connectivity index (χ4v) is 0.893. The summed E-state index contributed by atoms with van der Waals surface area (Å²) in [7, 11) is 3.74. The molecule has 0 heterocycles. The Balaban J connectivity index is 2.75. The van der Waals surface area contributed by atoms with E-state index in [0.717, 1.165) is 0 Å². The topological polar surface area (TPSA) is 16.6 Å². The Morgan fingerprint density at radius 2 is 1.90 bits per heavy atom.